The molecule has 2 aliphatic rings. The van der Waals surface area contributed by atoms with E-state index in [9.17, 15) is 0 Å². The Labute approximate surface area is 103 Å². The highest BCUT2D eigenvalue weighted by Crippen LogP contribution is 2.37. The second-order valence-corrected chi connectivity index (χ2v) is 5.03. The molecule has 0 aromatic heterocycles. The molecule has 2 fully saturated rings. The van der Waals surface area contributed by atoms with E-state index in [1.54, 1.807) is 0 Å². The highest BCUT2D eigenvalue weighted by molar-refractivity contribution is 4.84. The largest absolute Gasteiger partial charge is 0.316 e. The van der Waals surface area contributed by atoms with E-state index in [0.717, 1.165) is 17.8 Å². The minimum absolute atomic E-state index is 0.988. The van der Waals surface area contributed by atoms with Crippen LogP contribution in [0.2, 0.25) is 0 Å². The number of hydrogen-bond donors (Lipinski definition) is 1. The summed E-state index contributed by atoms with van der Waals surface area (Å²) in [6, 6.07) is 0. The van der Waals surface area contributed by atoms with Crippen molar-refractivity contribution in [2.45, 2.75) is 66.7 Å². The van der Waals surface area contributed by atoms with Crippen molar-refractivity contribution in [1.82, 2.24) is 5.32 Å². The molecule has 1 aliphatic carbocycles. The first-order valence-corrected chi connectivity index (χ1v) is 7.50. The number of fused-ring (bicyclic) bond motifs is 1. The van der Waals surface area contributed by atoms with Crippen LogP contribution in [0.25, 0.3) is 0 Å². The van der Waals surface area contributed by atoms with Crippen LogP contribution < -0.4 is 5.32 Å². The summed E-state index contributed by atoms with van der Waals surface area (Å²) in [6.07, 6.45) is 7.16. The predicted octanol–water partition coefficient (Wildman–Crippen LogP) is 4.47. The van der Waals surface area contributed by atoms with Crippen LogP contribution in [-0.2, 0) is 0 Å². The molecule has 1 N–H and O–H groups in total. The maximum atomic E-state index is 3.51. The van der Waals surface area contributed by atoms with Crippen LogP contribution in [0.4, 0.5) is 0 Å². The molecule has 1 saturated heterocycles. The molecule has 1 heteroatoms. The fraction of sp³-hybridized carbons (Fsp3) is 1.00. The van der Waals surface area contributed by atoms with Gasteiger partial charge < -0.3 is 5.32 Å². The van der Waals surface area contributed by atoms with Crippen molar-refractivity contribution in [1.29, 1.82) is 0 Å². The van der Waals surface area contributed by atoms with Crippen molar-refractivity contribution < 1.29 is 0 Å². The van der Waals surface area contributed by atoms with Gasteiger partial charge in [0.05, 0.1) is 0 Å². The van der Waals surface area contributed by atoms with E-state index < -0.39 is 0 Å². The molecule has 3 atom stereocenters. The molecule has 1 nitrogen and oxygen atoms in total. The Balaban J connectivity index is 0.000000394. The maximum Gasteiger partial charge on any atom is -0.00153 e. The van der Waals surface area contributed by atoms with E-state index in [4.69, 9.17) is 0 Å². The molecule has 3 unspecified atom stereocenters. The number of nitrogens with one attached hydrogen (secondary N) is 1. The Hall–Kier alpha value is -0.0400. The summed E-state index contributed by atoms with van der Waals surface area (Å²) in [5.41, 5.74) is 0. The summed E-state index contributed by atoms with van der Waals surface area (Å²) in [5, 5.41) is 3.51. The van der Waals surface area contributed by atoms with Gasteiger partial charge in [-0.3, -0.25) is 0 Å². The molecule has 0 aromatic rings. The normalized spacial score (nSPS) is 32.4. The molecule has 0 amide bonds. The van der Waals surface area contributed by atoms with Crippen LogP contribution >= 0.6 is 0 Å². The van der Waals surface area contributed by atoms with Crippen LogP contribution in [0, 0.1) is 17.8 Å². The van der Waals surface area contributed by atoms with Crippen molar-refractivity contribution in [2.75, 3.05) is 13.1 Å². The lowest BCUT2D eigenvalue weighted by Crippen LogP contribution is -2.41. The van der Waals surface area contributed by atoms with E-state index in [-0.39, 0.29) is 0 Å². The maximum absolute atomic E-state index is 3.51. The van der Waals surface area contributed by atoms with Crippen molar-refractivity contribution in [3.63, 3.8) is 0 Å². The highest BCUT2D eigenvalue weighted by atomic mass is 14.9. The van der Waals surface area contributed by atoms with Crippen LogP contribution in [0.3, 0.4) is 0 Å². The lowest BCUT2D eigenvalue weighted by Gasteiger charge is -2.40. The van der Waals surface area contributed by atoms with Crippen molar-refractivity contribution in [2.24, 2.45) is 17.8 Å². The average molecular weight is 227 g/mol. The zero-order chi connectivity index (χ0) is 12.4. The third kappa shape index (κ3) is 5.34. The molecule has 16 heavy (non-hydrogen) atoms. The lowest BCUT2D eigenvalue weighted by atomic mass is 9.70. The second-order valence-electron chi connectivity index (χ2n) is 5.03. The van der Waals surface area contributed by atoms with Crippen molar-refractivity contribution in [3.05, 3.63) is 0 Å². The zero-order valence-corrected chi connectivity index (χ0v) is 12.2. The van der Waals surface area contributed by atoms with Gasteiger partial charge in [-0.1, -0.05) is 60.3 Å². The molecule has 0 bridgehead atoms. The standard InChI is InChI=1S/C10H19N.C3H8.C2H6/c1-8-3-2-4-9-5-6-11-7-10(8)9;1-3-2;1-2/h8-11H,2-7H2,1H3;3H2,1-2H3;1-2H3. The quantitative estimate of drug-likeness (QED) is 0.643. The fourth-order valence-electron chi connectivity index (χ4n) is 2.88. The summed E-state index contributed by atoms with van der Waals surface area (Å²) in [6.45, 7) is 13.3. The van der Waals surface area contributed by atoms with Gasteiger partial charge in [0.25, 0.3) is 0 Å². The third-order valence-corrected chi connectivity index (χ3v) is 3.64. The zero-order valence-electron chi connectivity index (χ0n) is 12.2. The van der Waals surface area contributed by atoms with E-state index in [0.29, 0.717) is 0 Å². The minimum Gasteiger partial charge on any atom is -0.316 e. The number of rotatable bonds is 0. The predicted molar refractivity (Wildman–Crippen MR) is 74.8 cm³/mol. The number of hydrogen-bond acceptors (Lipinski definition) is 1. The lowest BCUT2D eigenvalue weighted by molar-refractivity contribution is 0.127. The Morgan fingerprint density at radius 1 is 1.06 bits per heavy atom. The molecule has 0 spiro atoms. The van der Waals surface area contributed by atoms with Gasteiger partial charge in [0.1, 0.15) is 0 Å². The number of piperidine rings is 1. The Morgan fingerprint density at radius 3 is 2.25 bits per heavy atom. The molecule has 2 rings (SSSR count). The van der Waals surface area contributed by atoms with Gasteiger partial charge in [0, 0.05) is 0 Å². The van der Waals surface area contributed by atoms with Gasteiger partial charge in [-0.05, 0) is 37.3 Å². The van der Waals surface area contributed by atoms with E-state index in [1.807, 2.05) is 13.8 Å². The third-order valence-electron chi connectivity index (χ3n) is 3.64. The molecular formula is C15H33N. The second kappa shape index (κ2) is 10.1. The highest BCUT2D eigenvalue weighted by Gasteiger charge is 2.31. The van der Waals surface area contributed by atoms with Crippen LogP contribution in [-0.4, -0.2) is 13.1 Å². The van der Waals surface area contributed by atoms with E-state index >= 15 is 0 Å². The van der Waals surface area contributed by atoms with Gasteiger partial charge in [0.15, 0.2) is 0 Å². The first kappa shape index (κ1) is 16.0. The first-order chi connectivity index (χ1) is 7.79. The van der Waals surface area contributed by atoms with E-state index in [2.05, 4.69) is 26.1 Å². The van der Waals surface area contributed by atoms with Gasteiger partial charge in [-0.25, -0.2) is 0 Å². The Kier molecular flexibility index (Phi) is 10.1. The summed E-state index contributed by atoms with van der Waals surface area (Å²) in [5.74, 6) is 3.07. The summed E-state index contributed by atoms with van der Waals surface area (Å²) in [4.78, 5) is 0. The molecule has 1 aliphatic heterocycles. The topological polar surface area (TPSA) is 12.0 Å². The molecular weight excluding hydrogens is 194 g/mol. The van der Waals surface area contributed by atoms with Gasteiger partial charge in [-0.15, -0.1) is 0 Å². The Bertz CT molecular complexity index is 142. The average Bonchev–Trinajstić information content (AvgIpc) is 2.33. The Morgan fingerprint density at radius 2 is 1.69 bits per heavy atom. The van der Waals surface area contributed by atoms with Crippen LogP contribution in [0.1, 0.15) is 66.7 Å². The summed E-state index contributed by atoms with van der Waals surface area (Å²) in [7, 11) is 0. The minimum atomic E-state index is 0.988. The fourth-order valence-corrected chi connectivity index (χ4v) is 2.88. The SMILES string of the molecule is CC.CC1CCCC2CCNCC12.CCC. The van der Waals surface area contributed by atoms with Gasteiger partial charge >= 0.3 is 0 Å². The molecule has 1 saturated carbocycles. The summed E-state index contributed by atoms with van der Waals surface area (Å²) >= 11 is 0. The van der Waals surface area contributed by atoms with Gasteiger partial charge in [0.2, 0.25) is 0 Å². The summed E-state index contributed by atoms with van der Waals surface area (Å²) < 4.78 is 0. The first-order valence-electron chi connectivity index (χ1n) is 7.50. The van der Waals surface area contributed by atoms with Crippen LogP contribution in [0.15, 0.2) is 0 Å². The van der Waals surface area contributed by atoms with Crippen molar-refractivity contribution >= 4 is 0 Å². The monoisotopic (exact) mass is 227 g/mol. The molecule has 98 valence electrons. The van der Waals surface area contributed by atoms with E-state index in [1.165, 1.54) is 45.2 Å². The molecule has 0 aromatic carbocycles. The van der Waals surface area contributed by atoms with Crippen LogP contribution in [0.5, 0.6) is 0 Å². The van der Waals surface area contributed by atoms with Crippen molar-refractivity contribution in [3.8, 4) is 0 Å². The van der Waals surface area contributed by atoms with Gasteiger partial charge in [-0.2, -0.15) is 0 Å². The molecule has 0 radical (unpaired) electrons. The molecule has 1 heterocycles. The smallest absolute Gasteiger partial charge is 0.00153 e.